The number of anilines is 2. The molecule has 0 radical (unpaired) electrons. The van der Waals surface area contributed by atoms with Crippen molar-refractivity contribution in [3.8, 4) is 17.0 Å². The number of aromatic nitrogens is 2. The SMILES string of the molecule is CC(C)C1CCC(COCCN2CCN(c3nc(N)nc4c3CCc3cc(OCc5ccc(Cl)cc5)ccc3-4)CC2)N1. The first-order valence-corrected chi connectivity index (χ1v) is 15.8. The Balaban J connectivity index is 1.03. The van der Waals surface area contributed by atoms with E-state index in [2.05, 4.69) is 41.1 Å². The van der Waals surface area contributed by atoms with Crippen LogP contribution in [-0.4, -0.2) is 72.9 Å². The first kappa shape index (κ1) is 29.2. The zero-order valence-corrected chi connectivity index (χ0v) is 25.6. The smallest absolute Gasteiger partial charge is 0.222 e. The van der Waals surface area contributed by atoms with Crippen molar-refractivity contribution in [1.29, 1.82) is 0 Å². The molecule has 2 atom stereocenters. The predicted octanol–water partition coefficient (Wildman–Crippen LogP) is 4.97. The van der Waals surface area contributed by atoms with Crippen molar-refractivity contribution in [3.05, 3.63) is 64.2 Å². The number of nitrogens with zero attached hydrogens (tertiary/aromatic N) is 4. The molecule has 3 aliphatic rings. The van der Waals surface area contributed by atoms with E-state index in [-0.39, 0.29) is 0 Å². The number of hydrogen-bond acceptors (Lipinski definition) is 8. The maximum atomic E-state index is 6.27. The van der Waals surface area contributed by atoms with Gasteiger partial charge >= 0.3 is 0 Å². The van der Waals surface area contributed by atoms with Crippen LogP contribution in [0.1, 0.15) is 43.4 Å². The Morgan fingerprint density at radius 2 is 1.83 bits per heavy atom. The largest absolute Gasteiger partial charge is 0.489 e. The van der Waals surface area contributed by atoms with Gasteiger partial charge in [0.2, 0.25) is 5.95 Å². The van der Waals surface area contributed by atoms with Crippen LogP contribution in [0.25, 0.3) is 11.3 Å². The fourth-order valence-corrected chi connectivity index (χ4v) is 6.54. The summed E-state index contributed by atoms with van der Waals surface area (Å²) in [6.45, 7) is 11.5. The highest BCUT2D eigenvalue weighted by Gasteiger charge is 2.28. The van der Waals surface area contributed by atoms with Crippen molar-refractivity contribution < 1.29 is 9.47 Å². The number of nitrogens with one attached hydrogen (secondary N) is 1. The second-order valence-corrected chi connectivity index (χ2v) is 12.6. The van der Waals surface area contributed by atoms with Crippen LogP contribution in [0.3, 0.4) is 0 Å². The number of piperazine rings is 1. The number of rotatable bonds is 10. The van der Waals surface area contributed by atoms with Gasteiger partial charge in [0, 0.05) is 61.0 Å². The minimum absolute atomic E-state index is 0.329. The molecule has 0 bridgehead atoms. The Hall–Kier alpha value is -2.91. The molecule has 0 amide bonds. The van der Waals surface area contributed by atoms with E-state index in [1.165, 1.54) is 24.0 Å². The van der Waals surface area contributed by atoms with Crippen LogP contribution in [0.4, 0.5) is 11.8 Å². The second-order valence-electron chi connectivity index (χ2n) is 12.2. The Morgan fingerprint density at radius 1 is 1.02 bits per heavy atom. The Labute approximate surface area is 254 Å². The third kappa shape index (κ3) is 6.83. The van der Waals surface area contributed by atoms with Crippen LogP contribution in [0.5, 0.6) is 5.75 Å². The van der Waals surface area contributed by atoms with Gasteiger partial charge in [-0.3, -0.25) is 4.90 Å². The lowest BCUT2D eigenvalue weighted by Gasteiger charge is -2.37. The molecule has 3 N–H and O–H groups in total. The van der Waals surface area contributed by atoms with Crippen LogP contribution in [0, 0.1) is 5.92 Å². The molecule has 9 heteroatoms. The Kier molecular flexibility index (Phi) is 9.14. The minimum atomic E-state index is 0.329. The standard InChI is InChI=1S/C33H43ClN6O2/c1-22(2)30-12-8-26(36-30)21-41-18-17-39-13-15-40(16-14-39)32-29-10-5-24-19-27(42-20-23-3-6-25(34)7-4-23)9-11-28(24)31(29)37-33(35)38-32/h3-4,6-7,9,11,19,22,26,30,36H,5,8,10,12-18,20-21H2,1-2H3,(H2,35,37,38). The van der Waals surface area contributed by atoms with Crippen LogP contribution in [0.2, 0.25) is 5.02 Å². The van der Waals surface area contributed by atoms with Crippen molar-refractivity contribution in [2.75, 3.05) is 56.6 Å². The van der Waals surface area contributed by atoms with E-state index in [0.717, 1.165) is 92.2 Å². The van der Waals surface area contributed by atoms with Gasteiger partial charge in [0.25, 0.3) is 0 Å². The van der Waals surface area contributed by atoms with E-state index in [1.54, 1.807) is 0 Å². The molecule has 0 spiro atoms. The minimum Gasteiger partial charge on any atom is -0.489 e. The van der Waals surface area contributed by atoms with Crippen LogP contribution in [0.15, 0.2) is 42.5 Å². The van der Waals surface area contributed by atoms with E-state index >= 15 is 0 Å². The third-order valence-corrected chi connectivity index (χ3v) is 9.17. The normalized spacial score (nSPS) is 20.5. The predicted molar refractivity (Wildman–Crippen MR) is 169 cm³/mol. The number of nitrogen functional groups attached to an aromatic ring is 1. The monoisotopic (exact) mass is 590 g/mol. The van der Waals surface area contributed by atoms with Crippen molar-refractivity contribution in [2.45, 2.75) is 58.2 Å². The first-order valence-electron chi connectivity index (χ1n) is 15.4. The third-order valence-electron chi connectivity index (χ3n) is 8.92. The molecule has 1 aromatic heterocycles. The van der Waals surface area contributed by atoms with Crippen molar-refractivity contribution in [3.63, 3.8) is 0 Å². The van der Waals surface area contributed by atoms with E-state index < -0.39 is 0 Å². The summed E-state index contributed by atoms with van der Waals surface area (Å²) in [5.74, 6) is 2.87. The van der Waals surface area contributed by atoms with Gasteiger partial charge < -0.3 is 25.4 Å². The summed E-state index contributed by atoms with van der Waals surface area (Å²) in [6, 6.07) is 15.2. The van der Waals surface area contributed by atoms with Gasteiger partial charge in [-0.05, 0) is 73.1 Å². The van der Waals surface area contributed by atoms with E-state index in [0.29, 0.717) is 30.6 Å². The summed E-state index contributed by atoms with van der Waals surface area (Å²) >= 11 is 6.01. The highest BCUT2D eigenvalue weighted by molar-refractivity contribution is 6.30. The molecule has 1 aliphatic carbocycles. The lowest BCUT2D eigenvalue weighted by molar-refractivity contribution is 0.0873. The summed E-state index contributed by atoms with van der Waals surface area (Å²) in [5, 5.41) is 4.45. The fourth-order valence-electron chi connectivity index (χ4n) is 6.42. The molecule has 2 fully saturated rings. The van der Waals surface area contributed by atoms with Gasteiger partial charge in [-0.25, -0.2) is 4.98 Å². The molecule has 0 saturated carbocycles. The molecule has 224 valence electrons. The van der Waals surface area contributed by atoms with Gasteiger partial charge in [0.15, 0.2) is 0 Å². The average molecular weight is 591 g/mol. The van der Waals surface area contributed by atoms with Gasteiger partial charge in [-0.1, -0.05) is 37.6 Å². The maximum Gasteiger partial charge on any atom is 0.222 e. The van der Waals surface area contributed by atoms with E-state index in [4.69, 9.17) is 36.8 Å². The average Bonchev–Trinajstić information content (AvgIpc) is 3.48. The molecule has 42 heavy (non-hydrogen) atoms. The molecule has 2 unspecified atom stereocenters. The number of benzene rings is 2. The number of ether oxygens (including phenoxy) is 2. The van der Waals surface area contributed by atoms with Crippen LogP contribution >= 0.6 is 11.6 Å². The Bertz CT molecular complexity index is 1360. The van der Waals surface area contributed by atoms with Gasteiger partial charge in [-0.15, -0.1) is 0 Å². The number of hydrogen-bond donors (Lipinski definition) is 2. The molecule has 3 aromatic rings. The summed E-state index contributed by atoms with van der Waals surface area (Å²) in [7, 11) is 0. The highest BCUT2D eigenvalue weighted by atomic mass is 35.5. The number of nitrogens with two attached hydrogens (primary N) is 1. The quantitative estimate of drug-likeness (QED) is 0.320. The molecule has 8 nitrogen and oxygen atoms in total. The van der Waals surface area contributed by atoms with Crippen molar-refractivity contribution in [1.82, 2.24) is 20.2 Å². The zero-order chi connectivity index (χ0) is 29.1. The number of fused-ring (bicyclic) bond motifs is 3. The summed E-state index contributed by atoms with van der Waals surface area (Å²) in [4.78, 5) is 14.3. The lowest BCUT2D eigenvalue weighted by Crippen LogP contribution is -2.48. The molecule has 2 aromatic carbocycles. The van der Waals surface area contributed by atoms with E-state index in [9.17, 15) is 0 Å². The topological polar surface area (TPSA) is 88.8 Å². The first-order chi connectivity index (χ1) is 20.4. The summed E-state index contributed by atoms with van der Waals surface area (Å²) in [5.41, 5.74) is 11.9. The summed E-state index contributed by atoms with van der Waals surface area (Å²) in [6.07, 6.45) is 4.29. The van der Waals surface area contributed by atoms with Gasteiger partial charge in [0.05, 0.1) is 18.9 Å². The van der Waals surface area contributed by atoms with Gasteiger partial charge in [-0.2, -0.15) is 4.98 Å². The molecule has 2 aliphatic heterocycles. The molecule has 3 heterocycles. The number of aryl methyl sites for hydroxylation is 1. The van der Waals surface area contributed by atoms with Crippen LogP contribution in [-0.2, 0) is 24.2 Å². The fraction of sp³-hybridized carbons (Fsp3) is 0.515. The second kappa shape index (κ2) is 13.2. The molecule has 6 rings (SSSR count). The molecular weight excluding hydrogens is 548 g/mol. The maximum absolute atomic E-state index is 6.27. The lowest BCUT2D eigenvalue weighted by atomic mass is 9.88. The van der Waals surface area contributed by atoms with E-state index in [1.807, 2.05) is 30.3 Å². The number of halogens is 1. The molecule has 2 saturated heterocycles. The summed E-state index contributed by atoms with van der Waals surface area (Å²) < 4.78 is 12.2. The van der Waals surface area contributed by atoms with Gasteiger partial charge in [0.1, 0.15) is 18.2 Å². The van der Waals surface area contributed by atoms with Crippen molar-refractivity contribution in [2.24, 2.45) is 5.92 Å². The molecular formula is C33H43ClN6O2. The van der Waals surface area contributed by atoms with Crippen molar-refractivity contribution >= 4 is 23.4 Å². The zero-order valence-electron chi connectivity index (χ0n) is 24.8. The van der Waals surface area contributed by atoms with Crippen LogP contribution < -0.4 is 20.7 Å². The Morgan fingerprint density at radius 3 is 2.60 bits per heavy atom. The highest BCUT2D eigenvalue weighted by Crippen LogP contribution is 2.38.